The minimum atomic E-state index is 0.328. The molecule has 1 atom stereocenters. The Bertz CT molecular complexity index is 608. The Kier molecular flexibility index (Phi) is 3.45. The first kappa shape index (κ1) is 14.6. The summed E-state index contributed by atoms with van der Waals surface area (Å²) >= 11 is 5.51. The van der Waals surface area contributed by atoms with Gasteiger partial charge in [0.05, 0.1) is 12.6 Å². The van der Waals surface area contributed by atoms with E-state index in [4.69, 9.17) is 17.0 Å². The van der Waals surface area contributed by atoms with E-state index in [1.165, 1.54) is 50.8 Å². The van der Waals surface area contributed by atoms with Gasteiger partial charge in [-0.05, 0) is 86.8 Å². The third kappa shape index (κ3) is 2.60. The number of H-pyrrole nitrogens is 1. The number of nitrogens with one attached hydrogen (secondary N) is 1. The van der Waals surface area contributed by atoms with Gasteiger partial charge in [-0.25, -0.2) is 0 Å². The summed E-state index contributed by atoms with van der Waals surface area (Å²) in [6.07, 6.45) is 12.6. The van der Waals surface area contributed by atoms with Gasteiger partial charge in [-0.2, -0.15) is 5.10 Å². The molecule has 1 aromatic rings. The lowest BCUT2D eigenvalue weighted by Crippen LogP contribution is -2.47. The Morgan fingerprint density at radius 3 is 2.48 bits per heavy atom. The van der Waals surface area contributed by atoms with Gasteiger partial charge in [-0.3, -0.25) is 5.10 Å². The van der Waals surface area contributed by atoms with Crippen LogP contribution in [0.15, 0.2) is 0 Å². The normalized spacial score (nSPS) is 41.7. The summed E-state index contributed by atoms with van der Waals surface area (Å²) in [6.45, 7) is 1.79. The third-order valence-electron chi connectivity index (χ3n) is 6.95. The van der Waals surface area contributed by atoms with E-state index in [0.29, 0.717) is 11.5 Å². The van der Waals surface area contributed by atoms with Crippen molar-refractivity contribution in [1.82, 2.24) is 14.8 Å². The Morgan fingerprint density at radius 2 is 1.87 bits per heavy atom. The molecule has 1 N–H and O–H groups in total. The zero-order chi connectivity index (χ0) is 15.4. The van der Waals surface area contributed by atoms with Gasteiger partial charge in [-0.1, -0.05) is 0 Å². The molecular weight excluding hydrogens is 306 g/mol. The van der Waals surface area contributed by atoms with Gasteiger partial charge in [0, 0.05) is 13.0 Å². The van der Waals surface area contributed by atoms with Crippen LogP contribution in [-0.4, -0.2) is 27.5 Å². The maximum atomic E-state index is 5.82. The molecule has 1 aromatic heterocycles. The van der Waals surface area contributed by atoms with Gasteiger partial charge in [0.2, 0.25) is 0 Å². The molecule has 4 aliphatic carbocycles. The molecule has 4 bridgehead atoms. The summed E-state index contributed by atoms with van der Waals surface area (Å²) in [4.78, 5) is 0. The first-order valence-electron chi connectivity index (χ1n) is 9.45. The van der Waals surface area contributed by atoms with Crippen molar-refractivity contribution < 1.29 is 4.74 Å². The summed E-state index contributed by atoms with van der Waals surface area (Å²) < 4.78 is 8.84. The van der Waals surface area contributed by atoms with Crippen molar-refractivity contribution in [2.24, 2.45) is 23.2 Å². The van der Waals surface area contributed by atoms with Gasteiger partial charge >= 0.3 is 0 Å². The van der Waals surface area contributed by atoms with Gasteiger partial charge in [0.25, 0.3) is 0 Å². The molecule has 0 radical (unpaired) electrons. The van der Waals surface area contributed by atoms with E-state index in [1.54, 1.807) is 0 Å². The van der Waals surface area contributed by atoms with E-state index in [-0.39, 0.29) is 0 Å². The standard InChI is InChI=1S/C18H27N3OS/c23-17-20-19-16(21(17)11-15-2-1-3-22-15)10-18-7-12-4-13(8-18)6-14(5-12)9-18/h12-15H,1-11H2,(H,20,23)/t12?,13?,14?,15-,18?/m0/s1. The lowest BCUT2D eigenvalue weighted by atomic mass is 9.49. The number of ether oxygens (including phenoxy) is 1. The minimum absolute atomic E-state index is 0.328. The van der Waals surface area contributed by atoms with Crippen LogP contribution >= 0.6 is 12.2 Å². The number of aromatic amines is 1. The summed E-state index contributed by atoms with van der Waals surface area (Å²) in [7, 11) is 0. The smallest absolute Gasteiger partial charge is 0.195 e. The molecule has 2 heterocycles. The second-order valence-electron chi connectivity index (χ2n) is 8.78. The molecule has 0 aromatic carbocycles. The Morgan fingerprint density at radius 1 is 1.17 bits per heavy atom. The zero-order valence-corrected chi connectivity index (χ0v) is 14.6. The molecule has 1 aliphatic heterocycles. The summed E-state index contributed by atoms with van der Waals surface area (Å²) in [5, 5.41) is 7.68. The van der Waals surface area contributed by atoms with Crippen molar-refractivity contribution in [2.75, 3.05) is 6.61 Å². The fourth-order valence-electron chi connectivity index (χ4n) is 6.51. The minimum Gasteiger partial charge on any atom is -0.376 e. The van der Waals surface area contributed by atoms with Crippen molar-refractivity contribution in [3.8, 4) is 0 Å². The Labute approximate surface area is 143 Å². The number of aromatic nitrogens is 3. The number of hydrogen-bond acceptors (Lipinski definition) is 3. The molecule has 5 heteroatoms. The summed E-state index contributed by atoms with van der Waals surface area (Å²) in [5.74, 6) is 4.17. The third-order valence-corrected chi connectivity index (χ3v) is 7.26. The molecule has 0 unspecified atom stereocenters. The second-order valence-corrected chi connectivity index (χ2v) is 9.17. The molecular formula is C18H27N3OS. The lowest BCUT2D eigenvalue weighted by molar-refractivity contribution is -0.0537. The zero-order valence-electron chi connectivity index (χ0n) is 13.8. The van der Waals surface area contributed by atoms with Crippen molar-refractivity contribution in [3.05, 3.63) is 10.6 Å². The van der Waals surface area contributed by atoms with Crippen LogP contribution in [-0.2, 0) is 17.7 Å². The van der Waals surface area contributed by atoms with Crippen LogP contribution in [0.25, 0.3) is 0 Å². The van der Waals surface area contributed by atoms with E-state index in [0.717, 1.165) is 48.5 Å². The first-order chi connectivity index (χ1) is 11.2. The van der Waals surface area contributed by atoms with Gasteiger partial charge < -0.3 is 9.30 Å². The van der Waals surface area contributed by atoms with E-state index in [1.807, 2.05) is 0 Å². The molecule has 5 aliphatic rings. The molecule has 4 nitrogen and oxygen atoms in total. The van der Waals surface area contributed by atoms with Gasteiger partial charge in [0.1, 0.15) is 5.82 Å². The highest BCUT2D eigenvalue weighted by Crippen LogP contribution is 2.60. The van der Waals surface area contributed by atoms with Crippen molar-refractivity contribution >= 4 is 12.2 Å². The topological polar surface area (TPSA) is 42.8 Å². The van der Waals surface area contributed by atoms with Crippen LogP contribution < -0.4 is 0 Å². The summed E-state index contributed by atoms with van der Waals surface area (Å²) in [6, 6.07) is 0. The Balaban J connectivity index is 1.39. The largest absolute Gasteiger partial charge is 0.376 e. The highest BCUT2D eigenvalue weighted by atomic mass is 32.1. The number of nitrogens with zero attached hydrogens (tertiary/aromatic N) is 2. The maximum absolute atomic E-state index is 5.82. The van der Waals surface area contributed by atoms with Crippen molar-refractivity contribution in [1.29, 1.82) is 0 Å². The quantitative estimate of drug-likeness (QED) is 0.850. The van der Waals surface area contributed by atoms with Gasteiger partial charge in [-0.15, -0.1) is 0 Å². The number of hydrogen-bond donors (Lipinski definition) is 1. The summed E-state index contributed by atoms with van der Waals surface area (Å²) in [5.41, 5.74) is 0.518. The van der Waals surface area contributed by atoms with Crippen LogP contribution in [0.2, 0.25) is 0 Å². The average Bonchev–Trinajstić information content (AvgIpc) is 3.11. The molecule has 0 spiro atoms. The molecule has 0 amide bonds. The fraction of sp³-hybridized carbons (Fsp3) is 0.889. The second kappa shape index (κ2) is 5.41. The maximum Gasteiger partial charge on any atom is 0.195 e. The van der Waals surface area contributed by atoms with Crippen LogP contribution in [0.4, 0.5) is 0 Å². The molecule has 1 saturated heterocycles. The van der Waals surface area contributed by atoms with Crippen LogP contribution in [0.1, 0.15) is 57.2 Å². The predicted octanol–water partition coefficient (Wildman–Crippen LogP) is 3.88. The van der Waals surface area contributed by atoms with E-state index in [2.05, 4.69) is 14.8 Å². The SMILES string of the molecule is S=c1[nH]nc(CC23CC4CC(CC(C4)C2)C3)n1C[C@@H]1CCCO1. The molecule has 126 valence electrons. The van der Waals surface area contributed by atoms with Crippen LogP contribution in [0, 0.1) is 27.9 Å². The molecule has 4 saturated carbocycles. The van der Waals surface area contributed by atoms with Crippen LogP contribution in [0.3, 0.4) is 0 Å². The van der Waals surface area contributed by atoms with Crippen molar-refractivity contribution in [3.63, 3.8) is 0 Å². The number of rotatable bonds is 4. The highest BCUT2D eigenvalue weighted by Gasteiger charge is 2.51. The highest BCUT2D eigenvalue weighted by molar-refractivity contribution is 7.71. The molecule has 5 fully saturated rings. The van der Waals surface area contributed by atoms with Gasteiger partial charge in [0.15, 0.2) is 4.77 Å². The van der Waals surface area contributed by atoms with Crippen LogP contribution in [0.5, 0.6) is 0 Å². The molecule has 23 heavy (non-hydrogen) atoms. The monoisotopic (exact) mass is 333 g/mol. The first-order valence-corrected chi connectivity index (χ1v) is 9.86. The predicted molar refractivity (Wildman–Crippen MR) is 90.7 cm³/mol. The van der Waals surface area contributed by atoms with Crippen molar-refractivity contribution in [2.45, 2.75) is 70.4 Å². The molecule has 6 rings (SSSR count). The van der Waals surface area contributed by atoms with E-state index >= 15 is 0 Å². The van der Waals surface area contributed by atoms with E-state index in [9.17, 15) is 0 Å². The fourth-order valence-corrected chi connectivity index (χ4v) is 6.73. The Hall–Kier alpha value is -0.680. The average molecular weight is 334 g/mol. The van der Waals surface area contributed by atoms with E-state index < -0.39 is 0 Å². The lowest BCUT2D eigenvalue weighted by Gasteiger charge is -2.56.